The molecular formula is C14H13ClN2O2S. The van der Waals surface area contributed by atoms with Gasteiger partial charge in [0.25, 0.3) is 10.0 Å². The minimum absolute atomic E-state index is 0.458. The Kier molecular flexibility index (Phi) is 4.32. The fourth-order valence-corrected chi connectivity index (χ4v) is 2.49. The molecule has 0 aliphatic carbocycles. The monoisotopic (exact) mass is 308 g/mol. The molecular weight excluding hydrogens is 296 g/mol. The lowest BCUT2D eigenvalue weighted by Gasteiger charge is -2.04. The van der Waals surface area contributed by atoms with E-state index in [1.807, 2.05) is 0 Å². The summed E-state index contributed by atoms with van der Waals surface area (Å²) < 4.78 is 26.2. The molecule has 0 radical (unpaired) electrons. The first-order valence-corrected chi connectivity index (χ1v) is 7.69. The number of nitrogens with one attached hydrogen (secondary N) is 1. The maximum Gasteiger partial charge on any atom is 0.255 e. The molecule has 2 rings (SSSR count). The second-order valence-electron chi connectivity index (χ2n) is 4.12. The van der Waals surface area contributed by atoms with Crippen LogP contribution in [0.4, 0.5) is 11.4 Å². The Bertz CT molecular complexity index is 708. The summed E-state index contributed by atoms with van der Waals surface area (Å²) in [4.78, 5) is 0. The second kappa shape index (κ2) is 5.98. The number of nitrogens with two attached hydrogens (primary N) is 1. The molecule has 0 spiro atoms. The molecule has 4 nitrogen and oxygen atoms in total. The SMILES string of the molecule is Nc1ccc(NS(=O)(=O)/C=C/c2ccc(Cl)cc2)cc1. The molecule has 0 amide bonds. The topological polar surface area (TPSA) is 72.2 Å². The van der Waals surface area contributed by atoms with Crippen molar-refractivity contribution in [3.63, 3.8) is 0 Å². The normalized spacial score (nSPS) is 11.7. The van der Waals surface area contributed by atoms with Gasteiger partial charge in [-0.25, -0.2) is 8.42 Å². The van der Waals surface area contributed by atoms with Crippen LogP contribution in [0.25, 0.3) is 6.08 Å². The Balaban J connectivity index is 2.11. The minimum atomic E-state index is -3.56. The highest BCUT2D eigenvalue weighted by Gasteiger charge is 2.05. The fraction of sp³-hybridized carbons (Fsp3) is 0. The van der Waals surface area contributed by atoms with E-state index in [1.54, 1.807) is 48.5 Å². The lowest BCUT2D eigenvalue weighted by atomic mass is 10.2. The molecule has 0 atom stereocenters. The van der Waals surface area contributed by atoms with Crippen LogP contribution < -0.4 is 10.5 Å². The van der Waals surface area contributed by atoms with Crippen LogP contribution in [0.2, 0.25) is 5.02 Å². The second-order valence-corrected chi connectivity index (χ2v) is 6.13. The van der Waals surface area contributed by atoms with Gasteiger partial charge < -0.3 is 5.73 Å². The van der Waals surface area contributed by atoms with Crippen molar-refractivity contribution in [1.29, 1.82) is 0 Å². The molecule has 0 saturated heterocycles. The molecule has 2 aromatic carbocycles. The highest BCUT2D eigenvalue weighted by molar-refractivity contribution is 7.95. The molecule has 0 fully saturated rings. The number of rotatable bonds is 4. The van der Waals surface area contributed by atoms with E-state index in [0.717, 1.165) is 11.0 Å². The summed E-state index contributed by atoms with van der Waals surface area (Å²) in [6.45, 7) is 0. The van der Waals surface area contributed by atoms with E-state index in [0.29, 0.717) is 16.4 Å². The van der Waals surface area contributed by atoms with Gasteiger partial charge in [0.15, 0.2) is 0 Å². The molecule has 2 aromatic rings. The van der Waals surface area contributed by atoms with Crippen LogP contribution in [-0.2, 0) is 10.0 Å². The number of hydrogen-bond donors (Lipinski definition) is 2. The quantitative estimate of drug-likeness (QED) is 0.851. The minimum Gasteiger partial charge on any atom is -0.399 e. The van der Waals surface area contributed by atoms with Gasteiger partial charge in [0.2, 0.25) is 0 Å². The van der Waals surface area contributed by atoms with Crippen LogP contribution in [0.5, 0.6) is 0 Å². The first-order valence-electron chi connectivity index (χ1n) is 5.77. The van der Waals surface area contributed by atoms with Gasteiger partial charge >= 0.3 is 0 Å². The maximum absolute atomic E-state index is 11.9. The van der Waals surface area contributed by atoms with E-state index in [4.69, 9.17) is 17.3 Å². The summed E-state index contributed by atoms with van der Waals surface area (Å²) in [6, 6.07) is 13.3. The standard InChI is InChI=1S/C14H13ClN2O2S/c15-12-3-1-11(2-4-12)9-10-20(18,19)17-14-7-5-13(16)6-8-14/h1-10,17H,16H2/b10-9+. The van der Waals surface area contributed by atoms with Crippen molar-refractivity contribution >= 4 is 39.1 Å². The van der Waals surface area contributed by atoms with E-state index in [1.165, 1.54) is 6.08 Å². The van der Waals surface area contributed by atoms with Gasteiger partial charge in [0, 0.05) is 16.4 Å². The summed E-state index contributed by atoms with van der Waals surface area (Å²) in [7, 11) is -3.56. The Morgan fingerprint density at radius 3 is 2.20 bits per heavy atom. The third kappa shape index (κ3) is 4.29. The average Bonchev–Trinajstić information content (AvgIpc) is 2.41. The van der Waals surface area contributed by atoms with Crippen molar-refractivity contribution in [3.05, 3.63) is 64.5 Å². The number of anilines is 2. The van der Waals surface area contributed by atoms with Gasteiger partial charge in [-0.05, 0) is 48.0 Å². The highest BCUT2D eigenvalue weighted by atomic mass is 35.5. The predicted molar refractivity (Wildman–Crippen MR) is 83.9 cm³/mol. The number of benzene rings is 2. The lowest BCUT2D eigenvalue weighted by Crippen LogP contribution is -2.08. The van der Waals surface area contributed by atoms with E-state index >= 15 is 0 Å². The number of nitrogen functional groups attached to an aromatic ring is 1. The Morgan fingerprint density at radius 2 is 1.60 bits per heavy atom. The van der Waals surface area contributed by atoms with Crippen molar-refractivity contribution in [2.24, 2.45) is 0 Å². The zero-order valence-corrected chi connectivity index (χ0v) is 12.0. The first kappa shape index (κ1) is 14.4. The molecule has 0 aliphatic rings. The first-order chi connectivity index (χ1) is 9.44. The largest absolute Gasteiger partial charge is 0.399 e. The molecule has 0 heterocycles. The molecule has 0 aliphatic heterocycles. The van der Waals surface area contributed by atoms with Crippen LogP contribution in [-0.4, -0.2) is 8.42 Å². The summed E-state index contributed by atoms with van der Waals surface area (Å²) in [6.07, 6.45) is 1.50. The smallest absolute Gasteiger partial charge is 0.255 e. The Morgan fingerprint density at radius 1 is 1.00 bits per heavy atom. The van der Waals surface area contributed by atoms with E-state index < -0.39 is 10.0 Å². The zero-order chi connectivity index (χ0) is 14.6. The predicted octanol–water partition coefficient (Wildman–Crippen LogP) is 3.33. The molecule has 104 valence electrons. The van der Waals surface area contributed by atoms with E-state index in [-0.39, 0.29) is 0 Å². The van der Waals surface area contributed by atoms with Crippen LogP contribution in [0.1, 0.15) is 5.56 Å². The Labute approximate surface area is 122 Å². The van der Waals surface area contributed by atoms with Gasteiger partial charge in [0.1, 0.15) is 0 Å². The zero-order valence-electron chi connectivity index (χ0n) is 10.5. The van der Waals surface area contributed by atoms with Crippen molar-refractivity contribution in [2.75, 3.05) is 10.5 Å². The summed E-state index contributed by atoms with van der Waals surface area (Å²) in [5.41, 5.74) is 7.31. The average molecular weight is 309 g/mol. The number of sulfonamides is 1. The van der Waals surface area contributed by atoms with Crippen molar-refractivity contribution < 1.29 is 8.42 Å². The van der Waals surface area contributed by atoms with Crippen LogP contribution >= 0.6 is 11.6 Å². The van der Waals surface area contributed by atoms with Gasteiger partial charge in [0.05, 0.1) is 5.41 Å². The van der Waals surface area contributed by atoms with Crippen molar-refractivity contribution in [1.82, 2.24) is 0 Å². The van der Waals surface area contributed by atoms with Gasteiger partial charge in [-0.1, -0.05) is 23.7 Å². The number of hydrogen-bond acceptors (Lipinski definition) is 3. The summed E-state index contributed by atoms with van der Waals surface area (Å²) in [5.74, 6) is 0. The third-order valence-electron chi connectivity index (χ3n) is 2.48. The number of halogens is 1. The van der Waals surface area contributed by atoms with Gasteiger partial charge in [-0.15, -0.1) is 0 Å². The molecule has 3 N–H and O–H groups in total. The van der Waals surface area contributed by atoms with Crippen LogP contribution in [0.3, 0.4) is 0 Å². The van der Waals surface area contributed by atoms with Gasteiger partial charge in [-0.3, -0.25) is 4.72 Å². The van der Waals surface area contributed by atoms with Crippen molar-refractivity contribution in [3.8, 4) is 0 Å². The van der Waals surface area contributed by atoms with Gasteiger partial charge in [-0.2, -0.15) is 0 Å². The Hall–Kier alpha value is -1.98. The van der Waals surface area contributed by atoms with E-state index in [9.17, 15) is 8.42 Å². The van der Waals surface area contributed by atoms with Crippen LogP contribution in [0.15, 0.2) is 53.9 Å². The molecule has 0 unspecified atom stereocenters. The maximum atomic E-state index is 11.9. The molecule has 0 saturated carbocycles. The highest BCUT2D eigenvalue weighted by Crippen LogP contribution is 2.14. The third-order valence-corrected chi connectivity index (χ3v) is 3.75. The van der Waals surface area contributed by atoms with Crippen molar-refractivity contribution in [2.45, 2.75) is 0 Å². The summed E-state index contributed by atoms with van der Waals surface area (Å²) >= 11 is 5.76. The van der Waals surface area contributed by atoms with E-state index in [2.05, 4.69) is 4.72 Å². The molecule has 0 aromatic heterocycles. The lowest BCUT2D eigenvalue weighted by molar-refractivity contribution is 0.609. The molecule has 20 heavy (non-hydrogen) atoms. The molecule has 6 heteroatoms. The summed E-state index contributed by atoms with van der Waals surface area (Å²) in [5, 5.41) is 1.71. The van der Waals surface area contributed by atoms with Crippen LogP contribution in [0, 0.1) is 0 Å². The molecule has 0 bridgehead atoms. The fourth-order valence-electron chi connectivity index (χ4n) is 1.49.